The number of nitrogens with zero attached hydrogens (tertiary/aromatic N) is 2. The molecule has 0 fully saturated rings. The maximum Gasteiger partial charge on any atom is 0.355 e. The molecule has 1 aromatic heterocycles. The van der Waals surface area contributed by atoms with Crippen LogP contribution in [0.15, 0.2) is 23.6 Å². The Hall–Kier alpha value is -3.01. The minimum Gasteiger partial charge on any atom is -0.494 e. The zero-order valence-corrected chi connectivity index (χ0v) is 14.0. The average Bonchev–Trinajstić information content (AvgIpc) is 3.04. The number of ether oxygens (including phenoxy) is 1. The van der Waals surface area contributed by atoms with Crippen LogP contribution in [0, 0.1) is 10.1 Å². The lowest BCUT2D eigenvalue weighted by Crippen LogP contribution is -2.26. The third-order valence-electron chi connectivity index (χ3n) is 3.12. The van der Waals surface area contributed by atoms with Gasteiger partial charge in [0, 0.05) is 24.4 Å². The van der Waals surface area contributed by atoms with Crippen LogP contribution in [0.2, 0.25) is 0 Å². The molecule has 0 saturated heterocycles. The molecule has 0 spiro atoms. The number of nitrogens with one attached hydrogen (secondary N) is 1. The van der Waals surface area contributed by atoms with Gasteiger partial charge in [-0.3, -0.25) is 14.9 Å². The molecule has 2 N–H and O–H groups in total. The minimum atomic E-state index is -1.12. The second-order valence-electron chi connectivity index (χ2n) is 4.81. The highest BCUT2D eigenvalue weighted by Gasteiger charge is 2.21. The molecule has 1 heterocycles. The number of benzene rings is 1. The van der Waals surface area contributed by atoms with Crippen LogP contribution in [0.1, 0.15) is 32.8 Å². The van der Waals surface area contributed by atoms with Crippen molar-refractivity contribution in [3.63, 3.8) is 0 Å². The summed E-state index contributed by atoms with van der Waals surface area (Å²) in [7, 11) is 0. The zero-order chi connectivity index (χ0) is 18.4. The van der Waals surface area contributed by atoms with Crippen molar-refractivity contribution in [1.82, 2.24) is 10.3 Å². The van der Waals surface area contributed by atoms with Crippen LogP contribution in [0.5, 0.6) is 5.75 Å². The third kappa shape index (κ3) is 4.73. The highest BCUT2D eigenvalue weighted by Crippen LogP contribution is 2.24. The van der Waals surface area contributed by atoms with E-state index in [4.69, 9.17) is 9.84 Å². The first-order chi connectivity index (χ1) is 11.9. The molecule has 0 aliphatic rings. The molecule has 0 atom stereocenters. The first-order valence-electron chi connectivity index (χ1n) is 7.29. The summed E-state index contributed by atoms with van der Waals surface area (Å²) in [5.74, 6) is -1.36. The van der Waals surface area contributed by atoms with Crippen molar-refractivity contribution in [3.05, 3.63) is 50.0 Å². The number of rotatable bonds is 8. The molecule has 1 aromatic carbocycles. The second kappa shape index (κ2) is 8.20. The Bertz CT molecular complexity index is 804. The van der Waals surface area contributed by atoms with Crippen LogP contribution in [0.3, 0.4) is 0 Å². The Balaban J connectivity index is 2.04. The van der Waals surface area contributed by atoms with Gasteiger partial charge in [-0.1, -0.05) is 0 Å². The van der Waals surface area contributed by atoms with Gasteiger partial charge in [-0.2, -0.15) is 0 Å². The van der Waals surface area contributed by atoms with Gasteiger partial charge in [-0.05, 0) is 19.1 Å². The molecule has 1 amide bonds. The number of carboxylic acids is 1. The molecule has 2 aromatic rings. The summed E-state index contributed by atoms with van der Waals surface area (Å²) < 4.78 is 5.26. The Morgan fingerprint density at radius 2 is 2.20 bits per heavy atom. The lowest BCUT2D eigenvalue weighted by Gasteiger charge is -2.08. The van der Waals surface area contributed by atoms with E-state index < -0.39 is 16.8 Å². The zero-order valence-electron chi connectivity index (χ0n) is 13.2. The molecule has 0 aliphatic heterocycles. The van der Waals surface area contributed by atoms with Gasteiger partial charge < -0.3 is 15.2 Å². The standard InChI is InChI=1S/C15H15N3O6S/c1-2-24-9-3-4-12(18(22)23)10(7-9)14(19)16-6-5-13-17-11(8-25-13)15(20)21/h3-4,7-8H,2,5-6H2,1H3,(H,16,19)(H,20,21). The Kier molecular flexibility index (Phi) is 6.01. The summed E-state index contributed by atoms with van der Waals surface area (Å²) in [5.41, 5.74) is -0.462. The normalized spacial score (nSPS) is 10.3. The molecule has 9 nitrogen and oxygen atoms in total. The van der Waals surface area contributed by atoms with E-state index in [1.54, 1.807) is 6.92 Å². The highest BCUT2D eigenvalue weighted by atomic mass is 32.1. The van der Waals surface area contributed by atoms with E-state index in [-0.39, 0.29) is 23.5 Å². The summed E-state index contributed by atoms with van der Waals surface area (Å²) >= 11 is 1.17. The second-order valence-corrected chi connectivity index (χ2v) is 5.75. The Labute approximate surface area is 146 Å². The van der Waals surface area contributed by atoms with Crippen LogP contribution >= 0.6 is 11.3 Å². The number of amides is 1. The van der Waals surface area contributed by atoms with E-state index in [1.165, 1.54) is 34.9 Å². The monoisotopic (exact) mass is 365 g/mol. The van der Waals surface area contributed by atoms with E-state index in [2.05, 4.69) is 10.3 Å². The number of nitro benzene ring substituents is 1. The van der Waals surface area contributed by atoms with Crippen molar-refractivity contribution in [1.29, 1.82) is 0 Å². The number of aromatic nitrogens is 1. The van der Waals surface area contributed by atoms with Crippen molar-refractivity contribution in [2.45, 2.75) is 13.3 Å². The smallest absolute Gasteiger partial charge is 0.355 e. The Morgan fingerprint density at radius 3 is 2.80 bits per heavy atom. The average molecular weight is 365 g/mol. The van der Waals surface area contributed by atoms with Crippen molar-refractivity contribution < 1.29 is 24.4 Å². The Morgan fingerprint density at radius 1 is 1.44 bits per heavy atom. The van der Waals surface area contributed by atoms with Gasteiger partial charge in [0.1, 0.15) is 11.3 Å². The van der Waals surface area contributed by atoms with Crippen molar-refractivity contribution in [2.75, 3.05) is 13.2 Å². The van der Waals surface area contributed by atoms with Gasteiger partial charge in [-0.25, -0.2) is 9.78 Å². The first-order valence-corrected chi connectivity index (χ1v) is 8.17. The number of aromatic carboxylic acids is 1. The molecule has 10 heteroatoms. The number of hydrogen-bond acceptors (Lipinski definition) is 7. The topological polar surface area (TPSA) is 132 Å². The quantitative estimate of drug-likeness (QED) is 0.541. The summed E-state index contributed by atoms with van der Waals surface area (Å²) in [4.78, 5) is 37.4. The summed E-state index contributed by atoms with van der Waals surface area (Å²) in [6, 6.07) is 3.98. The van der Waals surface area contributed by atoms with E-state index in [9.17, 15) is 19.7 Å². The lowest BCUT2D eigenvalue weighted by atomic mass is 10.1. The van der Waals surface area contributed by atoms with E-state index in [0.29, 0.717) is 23.8 Å². The van der Waals surface area contributed by atoms with Gasteiger partial charge in [-0.15, -0.1) is 11.3 Å². The minimum absolute atomic E-state index is 0.0496. The number of nitro groups is 1. The van der Waals surface area contributed by atoms with E-state index in [1.807, 2.05) is 0 Å². The molecule has 2 rings (SSSR count). The number of thiazole rings is 1. The third-order valence-corrected chi connectivity index (χ3v) is 4.02. The van der Waals surface area contributed by atoms with Crippen LogP contribution in [0.25, 0.3) is 0 Å². The summed E-state index contributed by atoms with van der Waals surface area (Å²) in [6.45, 7) is 2.30. The maximum absolute atomic E-state index is 12.2. The van der Waals surface area contributed by atoms with E-state index in [0.717, 1.165) is 0 Å². The molecule has 132 valence electrons. The van der Waals surface area contributed by atoms with Gasteiger partial charge in [0.25, 0.3) is 11.6 Å². The maximum atomic E-state index is 12.2. The fourth-order valence-electron chi connectivity index (χ4n) is 2.01. The SMILES string of the molecule is CCOc1ccc([N+](=O)[O-])c(C(=O)NCCc2nc(C(=O)O)cs2)c1. The fourth-order valence-corrected chi connectivity index (χ4v) is 2.79. The molecule has 25 heavy (non-hydrogen) atoms. The number of carbonyl (C=O) groups excluding carboxylic acids is 1. The molecule has 0 aliphatic carbocycles. The van der Waals surface area contributed by atoms with Gasteiger partial charge >= 0.3 is 5.97 Å². The predicted octanol–water partition coefficient (Wildman–Crippen LogP) is 2.12. The molecular formula is C15H15N3O6S. The van der Waals surface area contributed by atoms with Crippen LogP contribution < -0.4 is 10.1 Å². The predicted molar refractivity (Wildman–Crippen MR) is 89.4 cm³/mol. The van der Waals surface area contributed by atoms with Crippen molar-refractivity contribution in [2.24, 2.45) is 0 Å². The number of carboxylic acid groups (broad SMARTS) is 1. The van der Waals surface area contributed by atoms with Gasteiger partial charge in [0.05, 0.1) is 16.5 Å². The van der Waals surface area contributed by atoms with Crippen LogP contribution in [0.4, 0.5) is 5.69 Å². The van der Waals surface area contributed by atoms with Gasteiger partial charge in [0.15, 0.2) is 5.69 Å². The fraction of sp³-hybridized carbons (Fsp3) is 0.267. The lowest BCUT2D eigenvalue weighted by molar-refractivity contribution is -0.385. The highest BCUT2D eigenvalue weighted by molar-refractivity contribution is 7.09. The molecular weight excluding hydrogens is 350 g/mol. The van der Waals surface area contributed by atoms with Crippen molar-refractivity contribution >= 4 is 28.9 Å². The molecule has 0 unspecified atom stereocenters. The summed E-state index contributed by atoms with van der Waals surface area (Å²) in [5, 5.41) is 24.4. The first kappa shape index (κ1) is 18.3. The molecule has 0 radical (unpaired) electrons. The molecule has 0 saturated carbocycles. The molecule has 0 bridgehead atoms. The van der Waals surface area contributed by atoms with Crippen LogP contribution in [-0.4, -0.2) is 40.0 Å². The number of hydrogen-bond donors (Lipinski definition) is 2. The van der Waals surface area contributed by atoms with E-state index >= 15 is 0 Å². The number of carbonyl (C=O) groups is 2. The summed E-state index contributed by atoms with van der Waals surface area (Å²) in [6.07, 6.45) is 0.322. The largest absolute Gasteiger partial charge is 0.494 e. The van der Waals surface area contributed by atoms with Crippen molar-refractivity contribution in [3.8, 4) is 5.75 Å². The van der Waals surface area contributed by atoms with Crippen LogP contribution in [-0.2, 0) is 6.42 Å². The van der Waals surface area contributed by atoms with Gasteiger partial charge in [0.2, 0.25) is 0 Å².